The van der Waals surface area contributed by atoms with Gasteiger partial charge in [-0.3, -0.25) is 0 Å². The first-order valence-corrected chi connectivity index (χ1v) is 5.02. The van der Waals surface area contributed by atoms with Crippen molar-refractivity contribution >= 4 is 28.3 Å². The van der Waals surface area contributed by atoms with Crippen LogP contribution in [0.1, 0.15) is 0 Å². The molecule has 0 saturated heterocycles. The molecule has 0 unspecified atom stereocenters. The summed E-state index contributed by atoms with van der Waals surface area (Å²) in [6, 6.07) is 5.18. The monoisotopic (exact) mass is 238 g/mol. The van der Waals surface area contributed by atoms with Crippen LogP contribution in [0.2, 0.25) is 5.02 Å². The number of halogens is 1. The third kappa shape index (κ3) is 1.61. The molecule has 2 rings (SSSR count). The molecule has 0 bridgehead atoms. The highest BCUT2D eigenvalue weighted by molar-refractivity contribution is 6.37. The maximum atomic E-state index is 6.16. The summed E-state index contributed by atoms with van der Waals surface area (Å²) in [5.41, 5.74) is 6.26. The minimum Gasteiger partial charge on any atom is -0.495 e. The lowest BCUT2D eigenvalue weighted by atomic mass is 10.2. The second-order valence-corrected chi connectivity index (χ2v) is 3.61. The highest BCUT2D eigenvalue weighted by atomic mass is 35.5. The van der Waals surface area contributed by atoms with E-state index in [2.05, 4.69) is 4.98 Å². The Morgan fingerprint density at radius 3 is 2.50 bits per heavy atom. The van der Waals surface area contributed by atoms with Gasteiger partial charge in [0.25, 0.3) is 0 Å². The van der Waals surface area contributed by atoms with Crippen molar-refractivity contribution in [2.75, 3.05) is 20.0 Å². The maximum Gasteiger partial charge on any atom is 0.148 e. The van der Waals surface area contributed by atoms with Crippen molar-refractivity contribution in [3.8, 4) is 11.5 Å². The predicted molar refractivity (Wildman–Crippen MR) is 64.3 cm³/mol. The molecule has 2 N–H and O–H groups in total. The first-order valence-electron chi connectivity index (χ1n) is 4.64. The van der Waals surface area contributed by atoms with Crippen molar-refractivity contribution < 1.29 is 9.47 Å². The van der Waals surface area contributed by atoms with Crippen LogP contribution in [0, 0.1) is 0 Å². The van der Waals surface area contributed by atoms with Gasteiger partial charge >= 0.3 is 0 Å². The lowest BCUT2D eigenvalue weighted by Gasteiger charge is -2.10. The highest BCUT2D eigenvalue weighted by Crippen LogP contribution is 2.38. The van der Waals surface area contributed by atoms with Gasteiger partial charge in [0.15, 0.2) is 0 Å². The van der Waals surface area contributed by atoms with Gasteiger partial charge in [0.1, 0.15) is 22.8 Å². The number of nitrogens with zero attached hydrogens (tertiary/aromatic N) is 1. The molecule has 0 spiro atoms. The molecule has 5 heteroatoms. The molecular formula is C11H11ClN2O2. The Bertz CT molecular complexity index is 543. The Hall–Kier alpha value is -1.68. The number of ether oxygens (including phenoxy) is 2. The lowest BCUT2D eigenvalue weighted by molar-refractivity contribution is 0.397. The highest BCUT2D eigenvalue weighted by Gasteiger charge is 2.12. The Labute approximate surface area is 97.9 Å². The fourth-order valence-corrected chi connectivity index (χ4v) is 1.81. The molecule has 1 aromatic heterocycles. The van der Waals surface area contributed by atoms with Gasteiger partial charge in [-0.1, -0.05) is 11.6 Å². The number of fused-ring (bicyclic) bond motifs is 1. The van der Waals surface area contributed by atoms with Crippen molar-refractivity contribution in [1.29, 1.82) is 0 Å². The van der Waals surface area contributed by atoms with Crippen LogP contribution in [0.5, 0.6) is 11.5 Å². The van der Waals surface area contributed by atoms with Gasteiger partial charge in [0.05, 0.1) is 19.2 Å². The zero-order valence-electron chi connectivity index (χ0n) is 8.95. The second-order valence-electron chi connectivity index (χ2n) is 3.23. The first-order chi connectivity index (χ1) is 7.67. The Morgan fingerprint density at radius 2 is 1.88 bits per heavy atom. The standard InChI is InChI=1S/C11H11ClN2O2/c1-15-7-5-8(16-2)11-6(10(7)12)3-4-9(13)14-11/h3-5H,1-2H3,(H2,13,14). The number of anilines is 1. The smallest absolute Gasteiger partial charge is 0.148 e. The first kappa shape index (κ1) is 10.8. The summed E-state index contributed by atoms with van der Waals surface area (Å²) in [4.78, 5) is 4.20. The van der Waals surface area contributed by atoms with Crippen LogP contribution in [0.4, 0.5) is 5.82 Å². The lowest BCUT2D eigenvalue weighted by Crippen LogP contribution is -1.95. The van der Waals surface area contributed by atoms with E-state index in [1.807, 2.05) is 0 Å². The molecule has 0 aliphatic carbocycles. The molecule has 0 aliphatic heterocycles. The van der Waals surface area contributed by atoms with E-state index in [-0.39, 0.29) is 0 Å². The predicted octanol–water partition coefficient (Wildman–Crippen LogP) is 2.49. The molecule has 84 valence electrons. The van der Waals surface area contributed by atoms with Gasteiger partial charge in [0, 0.05) is 11.5 Å². The maximum absolute atomic E-state index is 6.16. The molecule has 2 aromatic rings. The van der Waals surface area contributed by atoms with Gasteiger partial charge in [-0.2, -0.15) is 0 Å². The fourth-order valence-electron chi connectivity index (χ4n) is 1.53. The summed E-state index contributed by atoms with van der Waals surface area (Å²) >= 11 is 6.16. The number of hydrogen-bond donors (Lipinski definition) is 1. The second kappa shape index (κ2) is 4.06. The van der Waals surface area contributed by atoms with E-state index in [4.69, 9.17) is 26.8 Å². The summed E-state index contributed by atoms with van der Waals surface area (Å²) in [6.45, 7) is 0. The van der Waals surface area contributed by atoms with Crippen LogP contribution in [0.3, 0.4) is 0 Å². The van der Waals surface area contributed by atoms with E-state index in [1.54, 1.807) is 32.4 Å². The van der Waals surface area contributed by atoms with Crippen molar-refractivity contribution in [2.24, 2.45) is 0 Å². The van der Waals surface area contributed by atoms with Gasteiger partial charge < -0.3 is 15.2 Å². The number of benzene rings is 1. The molecule has 1 aromatic carbocycles. The zero-order valence-corrected chi connectivity index (χ0v) is 9.71. The number of aromatic nitrogens is 1. The molecular weight excluding hydrogens is 228 g/mol. The summed E-state index contributed by atoms with van der Waals surface area (Å²) in [5, 5.41) is 1.26. The molecule has 0 saturated carbocycles. The Kier molecular flexibility index (Phi) is 2.75. The van der Waals surface area contributed by atoms with Crippen molar-refractivity contribution in [3.63, 3.8) is 0 Å². The molecule has 1 heterocycles. The minimum absolute atomic E-state index is 0.423. The van der Waals surface area contributed by atoms with Crippen LogP contribution in [-0.4, -0.2) is 19.2 Å². The largest absolute Gasteiger partial charge is 0.495 e. The molecule has 0 amide bonds. The van der Waals surface area contributed by atoms with Crippen molar-refractivity contribution in [3.05, 3.63) is 23.2 Å². The van der Waals surface area contributed by atoms with E-state index < -0.39 is 0 Å². The average molecular weight is 239 g/mol. The minimum atomic E-state index is 0.423. The summed E-state index contributed by atoms with van der Waals surface area (Å²) in [5.74, 6) is 1.56. The van der Waals surface area contributed by atoms with Gasteiger partial charge in [0.2, 0.25) is 0 Å². The molecule has 0 atom stereocenters. The van der Waals surface area contributed by atoms with Crippen LogP contribution < -0.4 is 15.2 Å². The van der Waals surface area contributed by atoms with Crippen LogP contribution >= 0.6 is 11.6 Å². The Morgan fingerprint density at radius 1 is 1.19 bits per heavy atom. The van der Waals surface area contributed by atoms with E-state index in [0.29, 0.717) is 27.9 Å². The van der Waals surface area contributed by atoms with Gasteiger partial charge in [-0.05, 0) is 12.1 Å². The topological polar surface area (TPSA) is 57.4 Å². The molecule has 16 heavy (non-hydrogen) atoms. The van der Waals surface area contributed by atoms with Crippen LogP contribution in [-0.2, 0) is 0 Å². The Balaban J connectivity index is 2.85. The summed E-state index contributed by atoms with van der Waals surface area (Å²) < 4.78 is 10.4. The van der Waals surface area contributed by atoms with Crippen LogP contribution in [0.15, 0.2) is 18.2 Å². The molecule has 0 fully saturated rings. The quantitative estimate of drug-likeness (QED) is 0.873. The third-order valence-electron chi connectivity index (χ3n) is 2.30. The molecule has 0 aliphatic rings. The van der Waals surface area contributed by atoms with Crippen molar-refractivity contribution in [1.82, 2.24) is 4.98 Å². The molecule has 0 radical (unpaired) electrons. The van der Waals surface area contributed by atoms with E-state index in [1.165, 1.54) is 0 Å². The van der Waals surface area contributed by atoms with Crippen LogP contribution in [0.25, 0.3) is 10.9 Å². The number of nitrogen functional groups attached to an aromatic ring is 1. The van der Waals surface area contributed by atoms with E-state index in [0.717, 1.165) is 5.39 Å². The van der Waals surface area contributed by atoms with E-state index in [9.17, 15) is 0 Å². The number of nitrogens with two attached hydrogens (primary N) is 1. The third-order valence-corrected chi connectivity index (χ3v) is 2.69. The van der Waals surface area contributed by atoms with Gasteiger partial charge in [-0.15, -0.1) is 0 Å². The summed E-state index contributed by atoms with van der Waals surface area (Å²) in [6.07, 6.45) is 0. The summed E-state index contributed by atoms with van der Waals surface area (Å²) in [7, 11) is 3.12. The number of pyridine rings is 1. The van der Waals surface area contributed by atoms with Crippen molar-refractivity contribution in [2.45, 2.75) is 0 Å². The van der Waals surface area contributed by atoms with E-state index >= 15 is 0 Å². The zero-order chi connectivity index (χ0) is 11.7. The van der Waals surface area contributed by atoms with Gasteiger partial charge in [-0.25, -0.2) is 4.98 Å². The molecule has 4 nitrogen and oxygen atoms in total. The number of hydrogen-bond acceptors (Lipinski definition) is 4. The fraction of sp³-hybridized carbons (Fsp3) is 0.182. The SMILES string of the molecule is COc1cc(OC)c2nc(N)ccc2c1Cl. The number of methoxy groups -OCH3 is 2. The number of rotatable bonds is 2. The average Bonchev–Trinajstić information content (AvgIpc) is 2.29. The normalized spacial score (nSPS) is 10.4.